The summed E-state index contributed by atoms with van der Waals surface area (Å²) in [7, 11) is 0. The standard InChI is InChI=1S/C17H33N3O2/c1-13(2)17(3,22)12-20-9-5-6-14(11-20)10-19-16(21)15-7-4-8-18-15/h13-15,18,22H,4-12H2,1-3H3,(H,19,21). The topological polar surface area (TPSA) is 64.6 Å². The first kappa shape index (κ1) is 17.7. The molecule has 22 heavy (non-hydrogen) atoms. The number of likely N-dealkylation sites (tertiary alicyclic amines) is 1. The summed E-state index contributed by atoms with van der Waals surface area (Å²) >= 11 is 0. The number of hydrogen-bond donors (Lipinski definition) is 3. The first-order chi connectivity index (χ1) is 10.4. The average molecular weight is 311 g/mol. The lowest BCUT2D eigenvalue weighted by molar-refractivity contribution is -0.123. The van der Waals surface area contributed by atoms with E-state index in [0.29, 0.717) is 5.92 Å². The Bertz CT molecular complexity index is 365. The van der Waals surface area contributed by atoms with Gasteiger partial charge in [-0.15, -0.1) is 0 Å². The molecule has 0 radical (unpaired) electrons. The molecule has 2 aliphatic rings. The molecule has 0 spiro atoms. The highest BCUT2D eigenvalue weighted by atomic mass is 16.3. The van der Waals surface area contributed by atoms with Crippen LogP contribution < -0.4 is 10.6 Å². The zero-order valence-electron chi connectivity index (χ0n) is 14.4. The Hall–Kier alpha value is -0.650. The largest absolute Gasteiger partial charge is 0.389 e. The van der Waals surface area contributed by atoms with Crippen molar-refractivity contribution in [1.29, 1.82) is 0 Å². The molecule has 2 heterocycles. The maximum absolute atomic E-state index is 12.1. The zero-order chi connectivity index (χ0) is 16.2. The molecule has 128 valence electrons. The molecule has 0 saturated carbocycles. The summed E-state index contributed by atoms with van der Waals surface area (Å²) < 4.78 is 0. The van der Waals surface area contributed by atoms with Crippen LogP contribution in [-0.4, -0.2) is 60.3 Å². The van der Waals surface area contributed by atoms with Gasteiger partial charge in [0.05, 0.1) is 11.6 Å². The second-order valence-electron chi connectivity index (χ2n) is 7.65. The molecular formula is C17H33N3O2. The summed E-state index contributed by atoms with van der Waals surface area (Å²) in [6.45, 7) is 10.5. The number of hydrogen-bond acceptors (Lipinski definition) is 4. The van der Waals surface area contributed by atoms with E-state index in [9.17, 15) is 9.90 Å². The van der Waals surface area contributed by atoms with Crippen LogP contribution in [0.5, 0.6) is 0 Å². The van der Waals surface area contributed by atoms with E-state index in [4.69, 9.17) is 0 Å². The monoisotopic (exact) mass is 311 g/mol. The Labute approximate surface area is 134 Å². The highest BCUT2D eigenvalue weighted by Gasteiger charge is 2.30. The molecule has 3 atom stereocenters. The van der Waals surface area contributed by atoms with E-state index in [1.54, 1.807) is 0 Å². The van der Waals surface area contributed by atoms with E-state index < -0.39 is 5.60 Å². The Kier molecular flexibility index (Phi) is 6.24. The molecule has 0 aliphatic carbocycles. The fourth-order valence-electron chi connectivity index (χ4n) is 3.37. The van der Waals surface area contributed by atoms with E-state index in [0.717, 1.165) is 52.0 Å². The van der Waals surface area contributed by atoms with Gasteiger partial charge in [0.25, 0.3) is 0 Å². The number of β-amino-alcohol motifs (C(OH)–C–C–N with tert-alkyl or cyclic N) is 1. The number of rotatable bonds is 6. The smallest absolute Gasteiger partial charge is 0.237 e. The minimum Gasteiger partial charge on any atom is -0.389 e. The van der Waals surface area contributed by atoms with Crippen LogP contribution in [0.25, 0.3) is 0 Å². The van der Waals surface area contributed by atoms with Gasteiger partial charge < -0.3 is 20.6 Å². The summed E-state index contributed by atoms with van der Waals surface area (Å²) in [6.07, 6.45) is 4.37. The van der Waals surface area contributed by atoms with Crippen LogP contribution in [0.3, 0.4) is 0 Å². The second kappa shape index (κ2) is 7.75. The highest BCUT2D eigenvalue weighted by Crippen LogP contribution is 2.22. The van der Waals surface area contributed by atoms with Crippen LogP contribution in [-0.2, 0) is 4.79 Å². The molecule has 0 bridgehead atoms. The Morgan fingerprint density at radius 2 is 2.18 bits per heavy atom. The molecule has 0 aromatic heterocycles. The summed E-state index contributed by atoms with van der Waals surface area (Å²) in [5.41, 5.74) is -0.640. The molecule has 2 fully saturated rings. The third kappa shape index (κ3) is 4.93. The number of amides is 1. The van der Waals surface area contributed by atoms with E-state index in [-0.39, 0.29) is 17.9 Å². The van der Waals surface area contributed by atoms with Gasteiger partial charge in [-0.2, -0.15) is 0 Å². The maximum Gasteiger partial charge on any atom is 0.237 e. The Morgan fingerprint density at radius 1 is 1.41 bits per heavy atom. The summed E-state index contributed by atoms with van der Waals surface area (Å²) in [5, 5.41) is 16.8. The normalized spacial score (nSPS) is 29.5. The fraction of sp³-hybridized carbons (Fsp3) is 0.941. The van der Waals surface area contributed by atoms with Crippen LogP contribution in [0.2, 0.25) is 0 Å². The molecule has 2 aliphatic heterocycles. The molecular weight excluding hydrogens is 278 g/mol. The van der Waals surface area contributed by atoms with Crippen molar-refractivity contribution in [3.63, 3.8) is 0 Å². The Balaban J connectivity index is 1.74. The number of piperidine rings is 1. The summed E-state index contributed by atoms with van der Waals surface area (Å²) in [6, 6.07) is 0.0152. The average Bonchev–Trinajstić information content (AvgIpc) is 2.99. The summed E-state index contributed by atoms with van der Waals surface area (Å²) in [4.78, 5) is 14.4. The van der Waals surface area contributed by atoms with E-state index >= 15 is 0 Å². The predicted octanol–water partition coefficient (Wildman–Crippen LogP) is 0.974. The third-order valence-electron chi connectivity index (χ3n) is 5.33. The van der Waals surface area contributed by atoms with Crippen LogP contribution in [0.1, 0.15) is 46.5 Å². The molecule has 0 aromatic carbocycles. The van der Waals surface area contributed by atoms with Crippen molar-refractivity contribution in [2.45, 2.75) is 58.1 Å². The number of aliphatic hydroxyl groups is 1. The van der Waals surface area contributed by atoms with Crippen molar-refractivity contribution >= 4 is 5.91 Å². The van der Waals surface area contributed by atoms with Crippen LogP contribution in [0.4, 0.5) is 0 Å². The number of carbonyl (C=O) groups is 1. The van der Waals surface area contributed by atoms with Crippen molar-refractivity contribution < 1.29 is 9.90 Å². The molecule has 5 heteroatoms. The van der Waals surface area contributed by atoms with Gasteiger partial charge >= 0.3 is 0 Å². The summed E-state index contributed by atoms with van der Waals surface area (Å²) in [5.74, 6) is 0.909. The van der Waals surface area contributed by atoms with Gasteiger partial charge in [-0.3, -0.25) is 4.79 Å². The van der Waals surface area contributed by atoms with Crippen molar-refractivity contribution in [2.75, 3.05) is 32.7 Å². The van der Waals surface area contributed by atoms with Gasteiger partial charge in [-0.05, 0) is 57.5 Å². The number of carbonyl (C=O) groups excluding carboxylic acids is 1. The van der Waals surface area contributed by atoms with Crippen molar-refractivity contribution in [2.24, 2.45) is 11.8 Å². The van der Waals surface area contributed by atoms with Crippen LogP contribution in [0.15, 0.2) is 0 Å². The third-order valence-corrected chi connectivity index (χ3v) is 5.33. The van der Waals surface area contributed by atoms with Gasteiger partial charge in [-0.1, -0.05) is 13.8 Å². The van der Waals surface area contributed by atoms with Gasteiger partial charge in [0.15, 0.2) is 0 Å². The fourth-order valence-corrected chi connectivity index (χ4v) is 3.37. The first-order valence-electron chi connectivity index (χ1n) is 8.84. The maximum atomic E-state index is 12.1. The molecule has 2 saturated heterocycles. The number of nitrogens with one attached hydrogen (secondary N) is 2. The predicted molar refractivity (Wildman–Crippen MR) is 88.7 cm³/mol. The SMILES string of the molecule is CC(C)C(C)(O)CN1CCCC(CNC(=O)C2CCCN2)C1. The molecule has 5 nitrogen and oxygen atoms in total. The lowest BCUT2D eigenvalue weighted by Crippen LogP contribution is -2.50. The minimum atomic E-state index is -0.640. The molecule has 3 N–H and O–H groups in total. The van der Waals surface area contributed by atoms with Crippen LogP contribution in [0, 0.1) is 11.8 Å². The minimum absolute atomic E-state index is 0.0152. The van der Waals surface area contributed by atoms with Gasteiger partial charge in [0, 0.05) is 19.6 Å². The van der Waals surface area contributed by atoms with Crippen molar-refractivity contribution in [1.82, 2.24) is 15.5 Å². The van der Waals surface area contributed by atoms with E-state index in [1.807, 2.05) is 6.92 Å². The van der Waals surface area contributed by atoms with Gasteiger partial charge in [0.1, 0.15) is 0 Å². The zero-order valence-corrected chi connectivity index (χ0v) is 14.4. The van der Waals surface area contributed by atoms with Crippen molar-refractivity contribution in [3.8, 4) is 0 Å². The van der Waals surface area contributed by atoms with E-state index in [1.165, 1.54) is 6.42 Å². The number of nitrogens with zero attached hydrogens (tertiary/aromatic N) is 1. The first-order valence-corrected chi connectivity index (χ1v) is 8.84. The van der Waals surface area contributed by atoms with Crippen LogP contribution >= 0.6 is 0 Å². The Morgan fingerprint density at radius 3 is 2.82 bits per heavy atom. The molecule has 3 unspecified atom stereocenters. The lowest BCUT2D eigenvalue weighted by atomic mass is 9.90. The molecule has 0 aromatic rings. The highest BCUT2D eigenvalue weighted by molar-refractivity contribution is 5.81. The molecule has 1 amide bonds. The molecule has 2 rings (SSSR count). The quantitative estimate of drug-likeness (QED) is 0.684. The van der Waals surface area contributed by atoms with E-state index in [2.05, 4.69) is 29.4 Å². The van der Waals surface area contributed by atoms with Gasteiger partial charge in [-0.25, -0.2) is 0 Å². The van der Waals surface area contributed by atoms with Gasteiger partial charge in [0.2, 0.25) is 5.91 Å². The van der Waals surface area contributed by atoms with Crippen molar-refractivity contribution in [3.05, 3.63) is 0 Å². The lowest BCUT2D eigenvalue weighted by Gasteiger charge is -2.39. The second-order valence-corrected chi connectivity index (χ2v) is 7.65.